The fourth-order valence-electron chi connectivity index (χ4n) is 3.65. The number of hydrogen-bond donors (Lipinski definition) is 1. The van der Waals surface area contributed by atoms with Gasteiger partial charge in [0.1, 0.15) is 0 Å². The Labute approximate surface area is 142 Å². The van der Waals surface area contributed by atoms with Crippen molar-refractivity contribution in [3.63, 3.8) is 0 Å². The van der Waals surface area contributed by atoms with Gasteiger partial charge >= 0.3 is 0 Å². The highest BCUT2D eigenvalue weighted by atomic mass is 16.4. The maximum atomic E-state index is 6.53. The number of anilines is 2. The minimum atomic E-state index is 0.663. The standard InChI is InChI=1S/C20H23N3O/c1-3-15-13(2)18(21)17-16(14-9-5-4-6-10-14)20(24-19(17)22-15)23-11-7-8-12-23/h4-6,9-10H,3,7-8,11-12H2,1-2H3,(H2,21,22). The van der Waals surface area contributed by atoms with E-state index < -0.39 is 0 Å². The number of nitrogens with zero attached hydrogens (tertiary/aromatic N) is 2. The third-order valence-electron chi connectivity index (χ3n) is 5.00. The van der Waals surface area contributed by atoms with E-state index in [-0.39, 0.29) is 0 Å². The molecule has 2 N–H and O–H groups in total. The zero-order valence-corrected chi connectivity index (χ0v) is 14.3. The first-order valence-electron chi connectivity index (χ1n) is 8.72. The van der Waals surface area contributed by atoms with Crippen LogP contribution in [0.25, 0.3) is 22.2 Å². The Balaban J connectivity index is 2.05. The molecule has 3 aromatic rings. The third kappa shape index (κ3) is 2.25. The van der Waals surface area contributed by atoms with E-state index in [0.717, 1.165) is 58.9 Å². The fraction of sp³-hybridized carbons (Fsp3) is 0.350. The van der Waals surface area contributed by atoms with Gasteiger partial charge in [-0.1, -0.05) is 37.3 Å². The van der Waals surface area contributed by atoms with Crippen LogP contribution in [0.5, 0.6) is 0 Å². The Morgan fingerprint density at radius 1 is 1.17 bits per heavy atom. The first-order chi connectivity index (χ1) is 11.7. The lowest BCUT2D eigenvalue weighted by Gasteiger charge is -2.16. The van der Waals surface area contributed by atoms with Crippen LogP contribution in [0.2, 0.25) is 0 Å². The maximum absolute atomic E-state index is 6.53. The van der Waals surface area contributed by atoms with Gasteiger partial charge in [0.2, 0.25) is 11.6 Å². The lowest BCUT2D eigenvalue weighted by atomic mass is 10.0. The molecule has 1 aromatic carbocycles. The first kappa shape index (κ1) is 15.1. The number of nitrogens with two attached hydrogens (primary N) is 1. The molecule has 0 radical (unpaired) electrons. The van der Waals surface area contributed by atoms with Gasteiger partial charge in [-0.05, 0) is 37.3 Å². The van der Waals surface area contributed by atoms with Crippen LogP contribution >= 0.6 is 0 Å². The van der Waals surface area contributed by atoms with Crippen molar-refractivity contribution in [2.75, 3.05) is 23.7 Å². The number of nitrogen functional groups attached to an aromatic ring is 1. The van der Waals surface area contributed by atoms with E-state index in [1.54, 1.807) is 0 Å². The predicted molar refractivity (Wildman–Crippen MR) is 99.4 cm³/mol. The van der Waals surface area contributed by atoms with Gasteiger partial charge in [-0.3, -0.25) is 0 Å². The van der Waals surface area contributed by atoms with E-state index in [1.165, 1.54) is 12.8 Å². The summed E-state index contributed by atoms with van der Waals surface area (Å²) < 4.78 is 6.25. The molecule has 1 aliphatic heterocycles. The van der Waals surface area contributed by atoms with Crippen LogP contribution in [0, 0.1) is 6.92 Å². The molecule has 2 aromatic heterocycles. The van der Waals surface area contributed by atoms with Crippen LogP contribution in [0.15, 0.2) is 34.7 Å². The van der Waals surface area contributed by atoms with Crippen molar-refractivity contribution in [2.24, 2.45) is 0 Å². The molecular formula is C20H23N3O. The molecule has 4 rings (SSSR count). The molecule has 124 valence electrons. The number of benzene rings is 1. The normalized spacial score (nSPS) is 14.7. The lowest BCUT2D eigenvalue weighted by Crippen LogP contribution is -2.17. The molecule has 0 saturated carbocycles. The quantitative estimate of drug-likeness (QED) is 0.769. The van der Waals surface area contributed by atoms with E-state index >= 15 is 0 Å². The molecule has 0 aliphatic carbocycles. The van der Waals surface area contributed by atoms with E-state index in [2.05, 4.69) is 43.0 Å². The Bertz CT molecular complexity index is 877. The highest BCUT2D eigenvalue weighted by Crippen LogP contribution is 2.44. The summed E-state index contributed by atoms with van der Waals surface area (Å²) in [5, 5.41) is 0.956. The topological polar surface area (TPSA) is 55.3 Å². The summed E-state index contributed by atoms with van der Waals surface area (Å²) in [7, 11) is 0. The Hall–Kier alpha value is -2.49. The molecular weight excluding hydrogens is 298 g/mol. The van der Waals surface area contributed by atoms with Gasteiger partial charge in [-0.15, -0.1) is 0 Å². The van der Waals surface area contributed by atoms with E-state index in [4.69, 9.17) is 15.1 Å². The van der Waals surface area contributed by atoms with Crippen molar-refractivity contribution in [1.82, 2.24) is 4.98 Å². The summed E-state index contributed by atoms with van der Waals surface area (Å²) >= 11 is 0. The predicted octanol–water partition coefficient (Wildman–Crippen LogP) is 4.55. The maximum Gasteiger partial charge on any atom is 0.231 e. The molecule has 0 bridgehead atoms. The second kappa shape index (κ2) is 5.86. The molecule has 0 atom stereocenters. The van der Waals surface area contributed by atoms with Crippen molar-refractivity contribution < 1.29 is 4.42 Å². The van der Waals surface area contributed by atoms with Crippen molar-refractivity contribution >= 4 is 22.7 Å². The zero-order valence-electron chi connectivity index (χ0n) is 14.3. The smallest absolute Gasteiger partial charge is 0.231 e. The fourth-order valence-corrected chi connectivity index (χ4v) is 3.65. The van der Waals surface area contributed by atoms with Gasteiger partial charge in [0.05, 0.1) is 10.9 Å². The molecule has 1 saturated heterocycles. The molecule has 1 fully saturated rings. The van der Waals surface area contributed by atoms with Crippen LogP contribution in [0.4, 0.5) is 11.6 Å². The number of aromatic nitrogens is 1. The Kier molecular flexibility index (Phi) is 3.68. The minimum Gasteiger partial charge on any atom is -0.421 e. The molecule has 0 spiro atoms. The lowest BCUT2D eigenvalue weighted by molar-refractivity contribution is 0.588. The number of rotatable bonds is 3. The average molecular weight is 321 g/mol. The van der Waals surface area contributed by atoms with Gasteiger partial charge in [0, 0.05) is 24.5 Å². The molecule has 3 heterocycles. The van der Waals surface area contributed by atoms with Gasteiger partial charge < -0.3 is 15.1 Å². The van der Waals surface area contributed by atoms with Crippen molar-refractivity contribution in [3.05, 3.63) is 41.6 Å². The largest absolute Gasteiger partial charge is 0.421 e. The van der Waals surface area contributed by atoms with E-state index in [0.29, 0.717) is 5.71 Å². The van der Waals surface area contributed by atoms with Crippen LogP contribution in [0.1, 0.15) is 31.0 Å². The molecule has 1 aliphatic rings. The summed E-state index contributed by atoms with van der Waals surface area (Å²) in [6.45, 7) is 6.21. The van der Waals surface area contributed by atoms with Crippen molar-refractivity contribution in [2.45, 2.75) is 33.1 Å². The molecule has 0 amide bonds. The van der Waals surface area contributed by atoms with E-state index in [1.807, 2.05) is 6.07 Å². The summed E-state index contributed by atoms with van der Waals surface area (Å²) in [4.78, 5) is 7.08. The summed E-state index contributed by atoms with van der Waals surface area (Å²) in [5.74, 6) is 0.917. The number of furan rings is 1. The van der Waals surface area contributed by atoms with Crippen molar-refractivity contribution in [1.29, 1.82) is 0 Å². The van der Waals surface area contributed by atoms with Gasteiger partial charge in [-0.2, -0.15) is 0 Å². The Morgan fingerprint density at radius 3 is 2.54 bits per heavy atom. The number of pyridine rings is 1. The third-order valence-corrected chi connectivity index (χ3v) is 5.00. The number of fused-ring (bicyclic) bond motifs is 1. The summed E-state index contributed by atoms with van der Waals surface area (Å²) in [5.41, 5.74) is 12.3. The molecule has 4 heteroatoms. The first-order valence-corrected chi connectivity index (χ1v) is 8.72. The number of hydrogen-bond acceptors (Lipinski definition) is 4. The Morgan fingerprint density at radius 2 is 1.88 bits per heavy atom. The monoisotopic (exact) mass is 321 g/mol. The highest BCUT2D eigenvalue weighted by Gasteiger charge is 2.26. The highest BCUT2D eigenvalue weighted by molar-refractivity contribution is 6.06. The van der Waals surface area contributed by atoms with Crippen LogP contribution in [-0.2, 0) is 6.42 Å². The molecule has 24 heavy (non-hydrogen) atoms. The van der Waals surface area contributed by atoms with Crippen LogP contribution < -0.4 is 10.6 Å². The minimum absolute atomic E-state index is 0.663. The van der Waals surface area contributed by atoms with Gasteiger partial charge in [0.15, 0.2) is 0 Å². The van der Waals surface area contributed by atoms with Crippen molar-refractivity contribution in [3.8, 4) is 11.1 Å². The second-order valence-electron chi connectivity index (χ2n) is 6.47. The van der Waals surface area contributed by atoms with Gasteiger partial charge in [0.25, 0.3) is 0 Å². The summed E-state index contributed by atoms with van der Waals surface area (Å²) in [6, 6.07) is 10.4. The second-order valence-corrected chi connectivity index (χ2v) is 6.47. The molecule has 0 unspecified atom stereocenters. The molecule has 4 nitrogen and oxygen atoms in total. The number of aryl methyl sites for hydroxylation is 1. The van der Waals surface area contributed by atoms with E-state index in [9.17, 15) is 0 Å². The summed E-state index contributed by atoms with van der Waals surface area (Å²) in [6.07, 6.45) is 3.26. The SMILES string of the molecule is CCc1nc2oc(N3CCCC3)c(-c3ccccc3)c2c(N)c1C. The van der Waals surface area contributed by atoms with Crippen LogP contribution in [0.3, 0.4) is 0 Å². The van der Waals surface area contributed by atoms with Crippen LogP contribution in [-0.4, -0.2) is 18.1 Å². The zero-order chi connectivity index (χ0) is 16.7. The average Bonchev–Trinajstić information content (AvgIpc) is 3.26. The van der Waals surface area contributed by atoms with Gasteiger partial charge in [-0.25, -0.2) is 4.98 Å².